The zero-order valence-corrected chi connectivity index (χ0v) is 12.9. The van der Waals surface area contributed by atoms with Crippen LogP contribution in [0.2, 0.25) is 0 Å². The Morgan fingerprint density at radius 3 is 2.88 bits per heavy atom. The summed E-state index contributed by atoms with van der Waals surface area (Å²) in [5, 5.41) is 25.5. The summed E-state index contributed by atoms with van der Waals surface area (Å²) >= 11 is 1.20. The molecule has 0 saturated heterocycles. The van der Waals surface area contributed by atoms with Crippen LogP contribution in [0.4, 0.5) is 5.13 Å². The van der Waals surface area contributed by atoms with Crippen molar-refractivity contribution in [3.05, 3.63) is 54.3 Å². The van der Waals surface area contributed by atoms with Gasteiger partial charge in [0.2, 0.25) is 10.9 Å². The topological polar surface area (TPSA) is 101 Å². The number of carbonyl (C=O) groups excluding carboxylic acids is 1. The number of amides is 1. The Labute approximate surface area is 139 Å². The number of rotatable bonds is 3. The molecule has 2 aromatic carbocycles. The van der Waals surface area contributed by atoms with Crippen LogP contribution in [0, 0.1) is 0 Å². The van der Waals surface area contributed by atoms with Gasteiger partial charge >= 0.3 is 0 Å². The standard InChI is InChI=1S/C16H10N4O3S/c21-10-5-3-4-9(8-10)15-18-19-16(24-15)17-14(22)13-11-6-1-2-7-12(11)20-23-13/h1-8,21H,(H,17,19,22). The van der Waals surface area contributed by atoms with Crippen LogP contribution < -0.4 is 5.32 Å². The number of carbonyl (C=O) groups is 1. The Morgan fingerprint density at radius 1 is 1.12 bits per heavy atom. The lowest BCUT2D eigenvalue weighted by Crippen LogP contribution is -2.11. The van der Waals surface area contributed by atoms with Crippen molar-refractivity contribution in [1.82, 2.24) is 15.4 Å². The molecule has 2 aromatic heterocycles. The predicted octanol–water partition coefficient (Wildman–Crippen LogP) is 3.30. The van der Waals surface area contributed by atoms with E-state index in [1.165, 1.54) is 11.3 Å². The first kappa shape index (κ1) is 14.3. The smallest absolute Gasteiger partial charge is 0.296 e. The quantitative estimate of drug-likeness (QED) is 0.594. The number of aromatic hydroxyl groups is 1. The van der Waals surface area contributed by atoms with E-state index in [1.54, 1.807) is 42.5 Å². The van der Waals surface area contributed by atoms with Gasteiger partial charge in [0.15, 0.2) is 0 Å². The first-order chi connectivity index (χ1) is 11.7. The first-order valence-corrected chi connectivity index (χ1v) is 7.81. The van der Waals surface area contributed by atoms with Crippen LogP contribution in [0.15, 0.2) is 53.1 Å². The molecule has 0 fully saturated rings. The normalized spacial score (nSPS) is 10.8. The second-order valence-corrected chi connectivity index (χ2v) is 5.92. The van der Waals surface area contributed by atoms with Crippen LogP contribution in [0.3, 0.4) is 0 Å². The molecular weight excluding hydrogens is 328 g/mol. The number of aromatic nitrogens is 3. The fourth-order valence-corrected chi connectivity index (χ4v) is 2.97. The molecule has 1 amide bonds. The van der Waals surface area contributed by atoms with E-state index in [1.807, 2.05) is 6.07 Å². The molecule has 0 bridgehead atoms. The Balaban J connectivity index is 1.59. The monoisotopic (exact) mass is 338 g/mol. The van der Waals surface area contributed by atoms with E-state index in [0.29, 0.717) is 21.0 Å². The fourth-order valence-electron chi connectivity index (χ4n) is 2.24. The molecule has 0 radical (unpaired) electrons. The van der Waals surface area contributed by atoms with Crippen LogP contribution in [0.5, 0.6) is 5.75 Å². The lowest BCUT2D eigenvalue weighted by atomic mass is 10.2. The summed E-state index contributed by atoms with van der Waals surface area (Å²) in [6.45, 7) is 0. The Bertz CT molecular complexity index is 1040. The Morgan fingerprint density at radius 2 is 2.00 bits per heavy atom. The molecule has 0 aliphatic rings. The third-order valence-electron chi connectivity index (χ3n) is 3.33. The number of phenols is 1. The molecule has 4 rings (SSSR count). The number of phenolic OH excluding ortho intramolecular Hbond substituents is 1. The highest BCUT2D eigenvalue weighted by Crippen LogP contribution is 2.29. The highest BCUT2D eigenvalue weighted by Gasteiger charge is 2.18. The molecule has 2 heterocycles. The zero-order valence-electron chi connectivity index (χ0n) is 12.1. The molecular formula is C16H10N4O3S. The highest BCUT2D eigenvalue weighted by molar-refractivity contribution is 7.18. The van der Waals surface area contributed by atoms with Gasteiger partial charge in [-0.25, -0.2) is 0 Å². The summed E-state index contributed by atoms with van der Waals surface area (Å²) in [4.78, 5) is 12.3. The van der Waals surface area contributed by atoms with Gasteiger partial charge in [0.1, 0.15) is 16.3 Å². The van der Waals surface area contributed by atoms with Crippen molar-refractivity contribution >= 4 is 33.3 Å². The minimum Gasteiger partial charge on any atom is -0.508 e. The van der Waals surface area contributed by atoms with Gasteiger partial charge in [-0.3, -0.25) is 10.1 Å². The van der Waals surface area contributed by atoms with E-state index in [9.17, 15) is 9.90 Å². The van der Waals surface area contributed by atoms with Gasteiger partial charge in [-0.1, -0.05) is 40.8 Å². The molecule has 118 valence electrons. The third-order valence-corrected chi connectivity index (χ3v) is 4.22. The van der Waals surface area contributed by atoms with Crippen molar-refractivity contribution in [1.29, 1.82) is 0 Å². The van der Waals surface area contributed by atoms with Crippen molar-refractivity contribution in [2.75, 3.05) is 5.32 Å². The molecule has 2 N–H and O–H groups in total. The molecule has 0 spiro atoms. The highest BCUT2D eigenvalue weighted by atomic mass is 32.1. The molecule has 4 aromatic rings. The number of hydrogen-bond donors (Lipinski definition) is 2. The van der Waals surface area contributed by atoms with E-state index in [-0.39, 0.29) is 11.5 Å². The van der Waals surface area contributed by atoms with Gasteiger partial charge in [0.25, 0.3) is 5.91 Å². The number of hydrogen-bond acceptors (Lipinski definition) is 7. The maximum Gasteiger partial charge on any atom is 0.296 e. The largest absolute Gasteiger partial charge is 0.508 e. The van der Waals surface area contributed by atoms with E-state index in [0.717, 1.165) is 5.56 Å². The van der Waals surface area contributed by atoms with Crippen molar-refractivity contribution in [2.24, 2.45) is 0 Å². The summed E-state index contributed by atoms with van der Waals surface area (Å²) in [5.41, 5.74) is 1.33. The molecule has 0 unspecified atom stereocenters. The van der Waals surface area contributed by atoms with E-state index in [4.69, 9.17) is 4.52 Å². The first-order valence-electron chi connectivity index (χ1n) is 6.99. The summed E-state index contributed by atoms with van der Waals surface area (Å²) in [6.07, 6.45) is 0. The third kappa shape index (κ3) is 2.59. The van der Waals surface area contributed by atoms with Crippen molar-refractivity contribution in [3.63, 3.8) is 0 Å². The van der Waals surface area contributed by atoms with Crippen LogP contribution in [-0.4, -0.2) is 26.4 Å². The second kappa shape index (κ2) is 5.74. The Hall–Kier alpha value is -3.26. The molecule has 0 atom stereocenters. The maximum atomic E-state index is 12.3. The minimum atomic E-state index is -0.442. The van der Waals surface area contributed by atoms with E-state index in [2.05, 4.69) is 20.7 Å². The number of benzene rings is 2. The van der Waals surface area contributed by atoms with Crippen LogP contribution in [-0.2, 0) is 0 Å². The second-order valence-electron chi connectivity index (χ2n) is 4.95. The van der Waals surface area contributed by atoms with Gasteiger partial charge in [-0.05, 0) is 24.3 Å². The lowest BCUT2D eigenvalue weighted by Gasteiger charge is -1.97. The van der Waals surface area contributed by atoms with E-state index < -0.39 is 5.91 Å². The average molecular weight is 338 g/mol. The predicted molar refractivity (Wildman–Crippen MR) is 89.0 cm³/mol. The van der Waals surface area contributed by atoms with Crippen LogP contribution in [0.1, 0.15) is 10.6 Å². The average Bonchev–Trinajstić information content (AvgIpc) is 3.21. The van der Waals surface area contributed by atoms with Crippen molar-refractivity contribution in [2.45, 2.75) is 0 Å². The molecule has 24 heavy (non-hydrogen) atoms. The molecule has 0 aliphatic heterocycles. The number of anilines is 1. The van der Waals surface area contributed by atoms with Gasteiger partial charge in [0.05, 0.1) is 5.39 Å². The zero-order chi connectivity index (χ0) is 16.5. The summed E-state index contributed by atoms with van der Waals surface area (Å²) in [6, 6.07) is 13.8. The maximum absolute atomic E-state index is 12.3. The molecule has 7 nitrogen and oxygen atoms in total. The molecule has 0 saturated carbocycles. The molecule has 8 heteroatoms. The summed E-state index contributed by atoms with van der Waals surface area (Å²) < 4.78 is 5.12. The lowest BCUT2D eigenvalue weighted by molar-refractivity contribution is 0.0990. The number of nitrogens with zero attached hydrogens (tertiary/aromatic N) is 3. The Kier molecular flexibility index (Phi) is 3.43. The van der Waals surface area contributed by atoms with Gasteiger partial charge < -0.3 is 9.63 Å². The molecule has 0 aliphatic carbocycles. The van der Waals surface area contributed by atoms with Crippen LogP contribution in [0.25, 0.3) is 21.5 Å². The van der Waals surface area contributed by atoms with Crippen molar-refractivity contribution in [3.8, 4) is 16.3 Å². The van der Waals surface area contributed by atoms with E-state index >= 15 is 0 Å². The van der Waals surface area contributed by atoms with Crippen molar-refractivity contribution < 1.29 is 14.4 Å². The van der Waals surface area contributed by atoms with Gasteiger partial charge in [0, 0.05) is 5.56 Å². The SMILES string of the molecule is O=C(Nc1nnc(-c2cccc(O)c2)s1)c1onc2ccccc12. The van der Waals surface area contributed by atoms with Gasteiger partial charge in [-0.2, -0.15) is 0 Å². The number of fused-ring (bicyclic) bond motifs is 1. The van der Waals surface area contributed by atoms with Crippen LogP contribution >= 0.6 is 11.3 Å². The summed E-state index contributed by atoms with van der Waals surface area (Å²) in [7, 11) is 0. The van der Waals surface area contributed by atoms with Gasteiger partial charge in [-0.15, -0.1) is 10.2 Å². The summed E-state index contributed by atoms with van der Waals surface area (Å²) in [5.74, 6) is -0.177. The fraction of sp³-hybridized carbons (Fsp3) is 0. The number of nitrogens with one attached hydrogen (secondary N) is 1. The minimum absolute atomic E-state index is 0.125.